The van der Waals surface area contributed by atoms with Crippen LogP contribution in [0.25, 0.3) is 33.4 Å². The number of carbonyl (C=O) groups excluding carboxylic acids is 1. The van der Waals surface area contributed by atoms with Crippen molar-refractivity contribution in [1.29, 1.82) is 0 Å². The second kappa shape index (κ2) is 22.2. The summed E-state index contributed by atoms with van der Waals surface area (Å²) in [6, 6.07) is 24.2. The third-order valence-corrected chi connectivity index (χ3v) is 13.2. The van der Waals surface area contributed by atoms with Crippen LogP contribution in [0, 0.1) is 0 Å². The summed E-state index contributed by atoms with van der Waals surface area (Å²) in [5.74, 6) is 4.47. The fourth-order valence-electron chi connectivity index (χ4n) is 8.66. The lowest BCUT2D eigenvalue weighted by Crippen LogP contribution is -2.29. The molecule has 0 atom stereocenters. The summed E-state index contributed by atoms with van der Waals surface area (Å²) in [4.78, 5) is 38.9. The molecule has 74 heavy (non-hydrogen) atoms. The van der Waals surface area contributed by atoms with Gasteiger partial charge in [0.1, 0.15) is 11.5 Å². The van der Waals surface area contributed by atoms with Gasteiger partial charge in [-0.05, 0) is 119 Å². The highest BCUT2D eigenvalue weighted by Gasteiger charge is 2.25. The van der Waals surface area contributed by atoms with Crippen LogP contribution in [0.1, 0.15) is 48.6 Å². The molecular formula is C55H66N16O3. The lowest BCUT2D eigenvalue weighted by atomic mass is 10.1. The van der Waals surface area contributed by atoms with E-state index in [0.717, 1.165) is 59.4 Å². The van der Waals surface area contributed by atoms with Gasteiger partial charge in [-0.3, -0.25) is 4.79 Å². The van der Waals surface area contributed by atoms with Crippen molar-refractivity contribution < 1.29 is 14.3 Å². The summed E-state index contributed by atoms with van der Waals surface area (Å²) in [6.45, 7) is 6.95. The summed E-state index contributed by atoms with van der Waals surface area (Å²) in [6.07, 6.45) is 13.5. The number of aromatic nitrogens is 8. The minimum absolute atomic E-state index is 0.304. The molecule has 8 aromatic rings. The molecule has 4 aromatic heterocycles. The molecule has 4 aromatic carbocycles. The molecule has 19 nitrogen and oxygen atoms in total. The Morgan fingerprint density at radius 2 is 1.12 bits per heavy atom. The van der Waals surface area contributed by atoms with Crippen molar-refractivity contribution in [2.75, 3.05) is 114 Å². The normalized spacial score (nSPS) is 13.2. The average molecular weight is 999 g/mol. The summed E-state index contributed by atoms with van der Waals surface area (Å²) in [5, 5.41) is 20.8. The Morgan fingerprint density at radius 1 is 0.649 bits per heavy atom. The minimum Gasteiger partial charge on any atom is -0.494 e. The zero-order valence-corrected chi connectivity index (χ0v) is 43.5. The van der Waals surface area contributed by atoms with Gasteiger partial charge in [0.15, 0.2) is 11.6 Å². The van der Waals surface area contributed by atoms with E-state index >= 15 is 0 Å². The second-order valence-electron chi connectivity index (χ2n) is 19.3. The van der Waals surface area contributed by atoms with E-state index in [1.54, 1.807) is 26.6 Å². The number of carbonyl (C=O) groups is 1. The Morgan fingerprint density at radius 3 is 1.58 bits per heavy atom. The minimum atomic E-state index is -0.304. The average Bonchev–Trinajstić information content (AvgIpc) is 4.35. The fourth-order valence-corrected chi connectivity index (χ4v) is 8.66. The standard InChI is InChI=1S/C29H34N8O2.C26H32N8O/c1-6-28(38)32-22-16-23(26(39-5)17-25(22)36(4)14-13-35(2)3)33-29-30-12-11-27(34-29)37-24-10-9-20(19-7-8-19)15-21(24)18-31-37;1-32(2)11-12-33(3)23-15-24(35-4)21(14-20(23)27)30-26-28-10-9-25(31-26)34-22-8-7-18(17-5-6-17)13-19(22)16-29-34/h6,9-12,15-19H,1,7-8,13-14H2,2-5H3,(H,32,38)(H,30,33,34);7-10,13-17H,5-6,11-12,27H2,1-4H3,(H,28,30,31). The van der Waals surface area contributed by atoms with Gasteiger partial charge < -0.3 is 50.8 Å². The van der Waals surface area contributed by atoms with Crippen molar-refractivity contribution in [3.05, 3.63) is 121 Å². The Labute approximate surface area is 432 Å². The number of nitrogens with two attached hydrogens (primary N) is 1. The third kappa shape index (κ3) is 11.8. The molecule has 0 unspecified atom stereocenters. The van der Waals surface area contributed by atoms with E-state index < -0.39 is 0 Å². The number of hydrogen-bond donors (Lipinski definition) is 4. The highest BCUT2D eigenvalue weighted by Crippen LogP contribution is 2.43. The summed E-state index contributed by atoms with van der Waals surface area (Å²) >= 11 is 0. The molecule has 384 valence electrons. The molecule has 10 rings (SSSR count). The highest BCUT2D eigenvalue weighted by molar-refractivity contribution is 6.02. The topological polar surface area (TPSA) is 198 Å². The van der Waals surface area contributed by atoms with Crippen LogP contribution >= 0.6 is 0 Å². The molecule has 2 saturated carbocycles. The van der Waals surface area contributed by atoms with Crippen molar-refractivity contribution in [3.63, 3.8) is 0 Å². The van der Waals surface area contributed by atoms with Crippen LogP contribution in [-0.2, 0) is 4.79 Å². The maximum atomic E-state index is 12.2. The number of methoxy groups -OCH3 is 2. The Balaban J connectivity index is 0.000000183. The maximum Gasteiger partial charge on any atom is 0.247 e. The van der Waals surface area contributed by atoms with Gasteiger partial charge in [0.05, 0.1) is 71.8 Å². The van der Waals surface area contributed by atoms with E-state index in [2.05, 4.69) is 113 Å². The lowest BCUT2D eigenvalue weighted by Gasteiger charge is -2.26. The highest BCUT2D eigenvalue weighted by atomic mass is 16.5. The predicted molar refractivity (Wildman–Crippen MR) is 297 cm³/mol. The number of likely N-dealkylation sites (N-methyl/N-ethyl adjacent to an activating group) is 4. The SMILES string of the molecule is C=CC(=O)Nc1cc(Nc2nccc(-n3ncc4cc(C5CC5)ccc43)n2)c(OC)cc1N(C)CCN(C)C.COc1cc(N(C)CCN(C)C)c(N)cc1Nc1nccc(-n2ncc3cc(C4CC4)ccc32)n1. The molecule has 0 spiro atoms. The summed E-state index contributed by atoms with van der Waals surface area (Å²) in [5.41, 5.74) is 15.5. The maximum absolute atomic E-state index is 12.2. The van der Waals surface area contributed by atoms with Gasteiger partial charge in [-0.1, -0.05) is 18.7 Å². The van der Waals surface area contributed by atoms with E-state index in [0.29, 0.717) is 69.6 Å². The molecule has 1 amide bonds. The zero-order valence-electron chi connectivity index (χ0n) is 43.5. The van der Waals surface area contributed by atoms with Crippen LogP contribution in [0.5, 0.6) is 11.5 Å². The number of rotatable bonds is 20. The van der Waals surface area contributed by atoms with Crippen LogP contribution in [0.3, 0.4) is 0 Å². The molecule has 2 fully saturated rings. The molecule has 19 heteroatoms. The number of nitrogens with zero attached hydrogens (tertiary/aromatic N) is 12. The monoisotopic (exact) mass is 999 g/mol. The van der Waals surface area contributed by atoms with Crippen LogP contribution in [0.4, 0.5) is 46.0 Å². The predicted octanol–water partition coefficient (Wildman–Crippen LogP) is 8.59. The molecule has 0 aliphatic heterocycles. The number of nitrogens with one attached hydrogen (secondary N) is 3. The van der Waals surface area contributed by atoms with Crippen molar-refractivity contribution in [2.45, 2.75) is 37.5 Å². The molecule has 4 heterocycles. The van der Waals surface area contributed by atoms with Crippen LogP contribution in [-0.4, -0.2) is 138 Å². The first kappa shape index (κ1) is 50.6. The largest absolute Gasteiger partial charge is 0.494 e. The molecular weight excluding hydrogens is 933 g/mol. The fraction of sp³-hybridized carbons (Fsp3) is 0.327. The number of hydrogen-bond acceptors (Lipinski definition) is 16. The summed E-state index contributed by atoms with van der Waals surface area (Å²) < 4.78 is 15.0. The van der Waals surface area contributed by atoms with Gasteiger partial charge in [0.2, 0.25) is 17.8 Å². The molecule has 2 aliphatic rings. The zero-order chi connectivity index (χ0) is 52.0. The van der Waals surface area contributed by atoms with E-state index in [-0.39, 0.29) is 5.91 Å². The smallest absolute Gasteiger partial charge is 0.247 e. The van der Waals surface area contributed by atoms with Gasteiger partial charge >= 0.3 is 0 Å². The van der Waals surface area contributed by atoms with Gasteiger partial charge in [0, 0.05) is 87.7 Å². The van der Waals surface area contributed by atoms with Crippen LogP contribution in [0.15, 0.2) is 110 Å². The number of anilines is 8. The van der Waals surface area contributed by atoms with Gasteiger partial charge in [-0.2, -0.15) is 20.2 Å². The van der Waals surface area contributed by atoms with E-state index in [4.69, 9.17) is 25.2 Å². The van der Waals surface area contributed by atoms with Crippen molar-refractivity contribution in [3.8, 4) is 23.1 Å². The first-order valence-corrected chi connectivity index (χ1v) is 24.8. The molecule has 0 radical (unpaired) electrons. The van der Waals surface area contributed by atoms with Crippen molar-refractivity contribution in [2.24, 2.45) is 0 Å². The van der Waals surface area contributed by atoms with E-state index in [1.807, 2.05) is 86.3 Å². The number of amides is 1. The first-order chi connectivity index (χ1) is 35.8. The first-order valence-electron chi connectivity index (χ1n) is 24.8. The second-order valence-corrected chi connectivity index (χ2v) is 19.3. The molecule has 2 aliphatic carbocycles. The third-order valence-electron chi connectivity index (χ3n) is 13.2. The number of benzene rings is 4. The number of ether oxygens (including phenoxy) is 2. The summed E-state index contributed by atoms with van der Waals surface area (Å²) in [7, 11) is 15.4. The van der Waals surface area contributed by atoms with Gasteiger partial charge in [0.25, 0.3) is 0 Å². The van der Waals surface area contributed by atoms with Crippen LogP contribution < -0.4 is 41.0 Å². The van der Waals surface area contributed by atoms with Crippen LogP contribution in [0.2, 0.25) is 0 Å². The molecule has 0 saturated heterocycles. The van der Waals surface area contributed by atoms with Crippen molar-refractivity contribution in [1.82, 2.24) is 49.3 Å². The quantitative estimate of drug-likeness (QED) is 0.0418. The molecule has 5 N–H and O–H groups in total. The molecule has 0 bridgehead atoms. The Hall–Kier alpha value is -8.29. The van der Waals surface area contributed by atoms with E-state index in [9.17, 15) is 4.79 Å². The lowest BCUT2D eigenvalue weighted by molar-refractivity contribution is -0.111. The van der Waals surface area contributed by atoms with Gasteiger partial charge in [-0.15, -0.1) is 0 Å². The number of fused-ring (bicyclic) bond motifs is 2. The van der Waals surface area contributed by atoms with E-state index in [1.165, 1.54) is 42.9 Å². The Kier molecular flexibility index (Phi) is 15.2. The Bertz CT molecular complexity index is 3290. The van der Waals surface area contributed by atoms with Crippen molar-refractivity contribution >= 4 is 73.7 Å². The number of nitrogen functional groups attached to an aromatic ring is 1. The van der Waals surface area contributed by atoms with Gasteiger partial charge in [-0.25, -0.2) is 19.3 Å².